The summed E-state index contributed by atoms with van der Waals surface area (Å²) < 4.78 is 4.96. The second-order valence-corrected chi connectivity index (χ2v) is 15.2. The van der Waals surface area contributed by atoms with Crippen LogP contribution in [-0.2, 0) is 6.54 Å². The largest absolute Gasteiger partial charge is 0.362 e. The van der Waals surface area contributed by atoms with Crippen molar-refractivity contribution in [2.45, 2.75) is 150 Å². The van der Waals surface area contributed by atoms with E-state index < -0.39 is 0 Å². The van der Waals surface area contributed by atoms with E-state index in [9.17, 15) is 0 Å². The molecule has 0 fully saturated rings. The summed E-state index contributed by atoms with van der Waals surface area (Å²) >= 11 is 5.77. The Bertz CT molecular complexity index is 1220. The van der Waals surface area contributed by atoms with Gasteiger partial charge in [-0.2, -0.15) is 9.13 Å². The molecule has 2 aromatic heterocycles. The maximum Gasteiger partial charge on any atom is 0.274 e. The molecule has 0 bridgehead atoms. The van der Waals surface area contributed by atoms with Gasteiger partial charge in [0, 0.05) is 38.6 Å². The summed E-state index contributed by atoms with van der Waals surface area (Å²) in [6.07, 6.45) is 31.3. The maximum absolute atomic E-state index is 2.66. The third-order valence-electron chi connectivity index (χ3n) is 8.59. The van der Waals surface area contributed by atoms with Crippen molar-refractivity contribution in [3.05, 3.63) is 61.5 Å². The van der Waals surface area contributed by atoms with E-state index in [4.69, 9.17) is 0 Å². The van der Waals surface area contributed by atoms with Gasteiger partial charge in [0.25, 0.3) is 10.0 Å². The van der Waals surface area contributed by atoms with Crippen LogP contribution in [0.2, 0.25) is 0 Å². The highest BCUT2D eigenvalue weighted by Crippen LogP contribution is 2.34. The Labute approximate surface area is 282 Å². The first-order chi connectivity index (χ1) is 21.5. The molecule has 2 aromatic rings. The van der Waals surface area contributed by atoms with Crippen molar-refractivity contribution in [2.75, 3.05) is 6.54 Å². The average molecular weight is 656 g/mol. The molecule has 44 heavy (non-hydrogen) atoms. The lowest BCUT2D eigenvalue weighted by Gasteiger charge is -2.27. The van der Waals surface area contributed by atoms with Crippen LogP contribution in [0.4, 0.5) is 0 Å². The van der Waals surface area contributed by atoms with Gasteiger partial charge < -0.3 is 4.90 Å². The lowest BCUT2D eigenvalue weighted by molar-refractivity contribution is -0.700. The fourth-order valence-electron chi connectivity index (χ4n) is 5.78. The molecule has 1 aliphatic heterocycles. The molecular weight excluding hydrogens is 595 g/mol. The molecule has 0 saturated carbocycles. The van der Waals surface area contributed by atoms with Crippen LogP contribution in [0.1, 0.15) is 145 Å². The van der Waals surface area contributed by atoms with Crippen LogP contribution in [0.3, 0.4) is 0 Å². The van der Waals surface area contributed by atoms with Crippen LogP contribution < -0.4 is 9.13 Å². The van der Waals surface area contributed by atoms with Gasteiger partial charge in [-0.25, -0.2) is 0 Å². The van der Waals surface area contributed by atoms with E-state index in [-0.39, 0.29) is 0 Å². The normalized spacial score (nSPS) is 15.9. The number of hydrogen-bond acceptors (Lipinski definition) is 4. The molecule has 6 heteroatoms. The van der Waals surface area contributed by atoms with Gasteiger partial charge in [0.15, 0.2) is 17.6 Å². The Balaban J connectivity index is 1.83. The monoisotopic (exact) mass is 655 g/mol. The Morgan fingerprint density at radius 1 is 0.818 bits per heavy atom. The molecule has 3 rings (SSSR count). The summed E-state index contributed by atoms with van der Waals surface area (Å²) in [6.45, 7) is 16.0. The Morgan fingerprint density at radius 3 is 2.25 bits per heavy atom. The van der Waals surface area contributed by atoms with Crippen molar-refractivity contribution in [3.8, 4) is 0 Å². The Kier molecular flexibility index (Phi) is 17.8. The molecule has 0 aromatic carbocycles. The van der Waals surface area contributed by atoms with E-state index in [1.165, 1.54) is 123 Å². The van der Waals surface area contributed by atoms with Crippen molar-refractivity contribution in [1.82, 2.24) is 4.90 Å². The van der Waals surface area contributed by atoms with Crippen LogP contribution in [0.25, 0.3) is 17.8 Å². The predicted octanol–water partition coefficient (Wildman–Crippen LogP) is 11.7. The molecule has 3 nitrogen and oxygen atoms in total. The molecule has 244 valence electrons. The van der Waals surface area contributed by atoms with Gasteiger partial charge in [0.2, 0.25) is 0 Å². The van der Waals surface area contributed by atoms with E-state index in [1.54, 1.807) is 0 Å². The molecule has 0 aliphatic carbocycles. The minimum Gasteiger partial charge on any atom is -0.362 e. The van der Waals surface area contributed by atoms with E-state index in [0.717, 1.165) is 19.4 Å². The van der Waals surface area contributed by atoms with E-state index in [0.29, 0.717) is 5.37 Å². The molecule has 1 atom stereocenters. The Hall–Kier alpha value is -1.63. The van der Waals surface area contributed by atoms with Gasteiger partial charge in [-0.3, -0.25) is 0 Å². The van der Waals surface area contributed by atoms with Gasteiger partial charge in [0.05, 0.1) is 21.7 Å². The number of allylic oxidation sites excluding steroid dienone is 4. The summed E-state index contributed by atoms with van der Waals surface area (Å²) in [5.74, 6) is 0. The highest BCUT2D eigenvalue weighted by molar-refractivity contribution is 8.02. The van der Waals surface area contributed by atoms with Crippen molar-refractivity contribution < 1.29 is 9.13 Å². The van der Waals surface area contributed by atoms with Crippen LogP contribution in [0.15, 0.2) is 40.1 Å². The summed E-state index contributed by atoms with van der Waals surface area (Å²) in [5, 5.41) is 10.2. The third kappa shape index (κ3) is 11.9. The lowest BCUT2D eigenvalue weighted by atomic mass is 10.1. The smallest absolute Gasteiger partial charge is 0.274 e. The number of nitrogens with zero attached hydrogens (tertiary/aromatic N) is 3. The fraction of sp³-hybridized carbons (Fsp3) is 0.632. The van der Waals surface area contributed by atoms with Crippen LogP contribution in [0.5, 0.6) is 0 Å². The van der Waals surface area contributed by atoms with E-state index in [1.807, 2.05) is 34.4 Å². The summed E-state index contributed by atoms with van der Waals surface area (Å²) in [4.78, 5) is 2.66. The summed E-state index contributed by atoms with van der Waals surface area (Å²) in [7, 11) is 0. The minimum absolute atomic E-state index is 0.487. The quantitative estimate of drug-likeness (QED) is 0.0710. The van der Waals surface area contributed by atoms with Crippen molar-refractivity contribution in [1.29, 1.82) is 0 Å². The number of hydrogen-bond donors (Lipinski definition) is 0. The zero-order valence-electron chi connectivity index (χ0n) is 28.8. The first-order valence-corrected chi connectivity index (χ1v) is 20.3. The molecule has 1 unspecified atom stereocenters. The average Bonchev–Trinajstić information content (AvgIpc) is 3.69. The summed E-state index contributed by atoms with van der Waals surface area (Å²) in [5.41, 5.74) is 5.47. The Morgan fingerprint density at radius 2 is 1.50 bits per heavy atom. The SMILES string of the molecule is CCCCC/C=C/[n+]1c(C)csc1C(/C=C/c1scc(C)[n+]1CCCCCCC)=C/CC1SC=C(C)N1CCCCCCC. The zero-order chi connectivity index (χ0) is 31.6. The maximum atomic E-state index is 2.66. The number of aromatic nitrogens is 2. The summed E-state index contributed by atoms with van der Waals surface area (Å²) in [6, 6.07) is 0. The minimum atomic E-state index is 0.487. The number of aryl methyl sites for hydroxylation is 2. The second-order valence-electron chi connectivity index (χ2n) is 12.4. The third-order valence-corrected chi connectivity index (χ3v) is 12.0. The number of thioether (sulfide) groups is 1. The first-order valence-electron chi connectivity index (χ1n) is 17.6. The van der Waals surface area contributed by atoms with Gasteiger partial charge in [-0.1, -0.05) is 107 Å². The zero-order valence-corrected chi connectivity index (χ0v) is 31.2. The van der Waals surface area contributed by atoms with Crippen molar-refractivity contribution in [3.63, 3.8) is 0 Å². The first kappa shape index (κ1) is 36.8. The van der Waals surface area contributed by atoms with Crippen molar-refractivity contribution >= 4 is 52.3 Å². The highest BCUT2D eigenvalue weighted by Gasteiger charge is 2.25. The molecule has 0 spiro atoms. The van der Waals surface area contributed by atoms with Crippen LogP contribution in [-0.4, -0.2) is 16.8 Å². The molecule has 0 saturated heterocycles. The molecule has 0 amide bonds. The molecular formula is C38H61N3S3+2. The predicted molar refractivity (Wildman–Crippen MR) is 199 cm³/mol. The van der Waals surface area contributed by atoms with Crippen molar-refractivity contribution in [2.24, 2.45) is 0 Å². The number of thiazole rings is 2. The van der Waals surface area contributed by atoms with E-state index >= 15 is 0 Å². The lowest BCUT2D eigenvalue weighted by Crippen LogP contribution is -2.37. The highest BCUT2D eigenvalue weighted by atomic mass is 32.2. The molecule has 1 aliphatic rings. The molecule has 0 N–H and O–H groups in total. The van der Waals surface area contributed by atoms with Crippen LogP contribution in [0, 0.1) is 13.8 Å². The number of unbranched alkanes of at least 4 members (excludes halogenated alkanes) is 11. The van der Waals surface area contributed by atoms with E-state index in [2.05, 4.69) is 102 Å². The van der Waals surface area contributed by atoms with Crippen LogP contribution >= 0.6 is 34.4 Å². The topological polar surface area (TPSA) is 11.0 Å². The van der Waals surface area contributed by atoms with Gasteiger partial charge >= 0.3 is 0 Å². The molecule has 0 radical (unpaired) electrons. The standard InChI is InChI=1S/C38H61N3S3/c1-7-10-13-16-19-26-39-32(4)29-42-36(39)24-22-35(38-41(34(6)31-44-38)28-21-18-15-12-9-3)23-25-37-40(33(5)30-43-37)27-20-17-14-11-8-2/h21-24,28-31,37H,7-20,25-27H2,1-6H3/q+2/b24-22+,28-21+,35-23+. The number of rotatable bonds is 22. The molecule has 3 heterocycles. The van der Waals surface area contributed by atoms with Gasteiger partial charge in [-0.15, -0.1) is 11.8 Å². The van der Waals surface area contributed by atoms with Gasteiger partial charge in [-0.05, 0) is 56.6 Å². The van der Waals surface area contributed by atoms with Gasteiger partial charge in [0.1, 0.15) is 6.54 Å². The fourth-order valence-corrected chi connectivity index (χ4v) is 8.83. The second kappa shape index (κ2) is 21.2.